The quantitative estimate of drug-likeness (QED) is 0.168. The third-order valence-electron chi connectivity index (χ3n) is 14.4. The summed E-state index contributed by atoms with van der Waals surface area (Å²) in [5.41, 5.74) is 19.1. The SMILES string of the molecule is c1ccc(-c2ccc3c(c2)C2(c4ccccc4-c4cccc5cccc2c45)c2cccc4c(N(c5ccccc5)c5ccc6c7ccccc7n(-c7ccccc7)c6c5)ccc-3c24)cc1. The van der Waals surface area contributed by atoms with Gasteiger partial charge in [0.25, 0.3) is 0 Å². The Morgan fingerprint density at radius 1 is 0.323 bits per heavy atom. The molecule has 12 aromatic rings. The van der Waals surface area contributed by atoms with E-state index in [1.165, 1.54) is 99.0 Å². The minimum atomic E-state index is -0.608. The van der Waals surface area contributed by atoms with E-state index in [0.717, 1.165) is 22.7 Å². The van der Waals surface area contributed by atoms with Crippen LogP contribution in [-0.4, -0.2) is 4.57 Å². The molecule has 302 valence electrons. The van der Waals surface area contributed by atoms with Gasteiger partial charge in [0, 0.05) is 33.2 Å². The highest BCUT2D eigenvalue weighted by molar-refractivity contribution is 6.15. The average Bonchev–Trinajstić information content (AvgIpc) is 3.71. The van der Waals surface area contributed by atoms with Gasteiger partial charge in [-0.05, 0) is 126 Å². The van der Waals surface area contributed by atoms with Crippen molar-refractivity contribution < 1.29 is 0 Å². The molecule has 2 aliphatic rings. The van der Waals surface area contributed by atoms with Crippen molar-refractivity contribution in [3.63, 3.8) is 0 Å². The molecule has 1 aromatic heterocycles. The normalized spacial score (nSPS) is 14.5. The molecule has 2 nitrogen and oxygen atoms in total. The number of nitrogens with zero attached hydrogens (tertiary/aromatic N) is 2. The Morgan fingerprint density at radius 2 is 0.923 bits per heavy atom. The van der Waals surface area contributed by atoms with Crippen LogP contribution in [-0.2, 0) is 5.41 Å². The van der Waals surface area contributed by atoms with Gasteiger partial charge in [0.2, 0.25) is 0 Å². The van der Waals surface area contributed by atoms with Crippen LogP contribution >= 0.6 is 0 Å². The highest BCUT2D eigenvalue weighted by Gasteiger charge is 2.49. The molecule has 1 unspecified atom stereocenters. The molecule has 65 heavy (non-hydrogen) atoms. The maximum Gasteiger partial charge on any atom is 0.0726 e. The first-order valence-electron chi connectivity index (χ1n) is 22.6. The number of para-hydroxylation sites is 3. The monoisotopic (exact) mass is 824 g/mol. The molecule has 2 heteroatoms. The Balaban J connectivity index is 1.10. The second-order valence-electron chi connectivity index (χ2n) is 17.6. The molecule has 0 saturated carbocycles. The Labute approximate surface area is 377 Å². The standard InChI is InChI=1S/C63H40N2/c1-4-17-41(18-5-1)43-33-35-48-52-37-38-59(64(44-21-6-2-7-22-44)46-34-36-50-49-26-11-13-32-58(49)65(60(50)40-46)45-23-8-3-9-24-45)53-28-16-31-56(62(52)53)63(57(48)39-43)54-29-12-10-25-47(54)51-27-14-19-42-20-15-30-55(63)61(42)51/h1-40H. The molecular weight excluding hydrogens is 785 g/mol. The minimum absolute atomic E-state index is 0.608. The van der Waals surface area contributed by atoms with Gasteiger partial charge in [0.05, 0.1) is 22.1 Å². The van der Waals surface area contributed by atoms with E-state index in [1.54, 1.807) is 0 Å². The van der Waals surface area contributed by atoms with Gasteiger partial charge in [-0.1, -0.05) is 188 Å². The zero-order valence-corrected chi connectivity index (χ0v) is 35.5. The predicted molar refractivity (Wildman–Crippen MR) is 272 cm³/mol. The fraction of sp³-hybridized carbons (Fsp3) is 0.0159. The number of anilines is 3. The van der Waals surface area contributed by atoms with E-state index in [1.807, 2.05) is 0 Å². The van der Waals surface area contributed by atoms with Gasteiger partial charge >= 0.3 is 0 Å². The van der Waals surface area contributed by atoms with Crippen molar-refractivity contribution in [3.05, 3.63) is 265 Å². The topological polar surface area (TPSA) is 8.17 Å². The third-order valence-corrected chi connectivity index (χ3v) is 14.4. The van der Waals surface area contributed by atoms with Crippen molar-refractivity contribution >= 4 is 60.4 Å². The fourth-order valence-corrected chi connectivity index (χ4v) is 11.8. The molecule has 1 atom stereocenters. The molecule has 0 bridgehead atoms. The molecule has 1 spiro atoms. The second-order valence-corrected chi connectivity index (χ2v) is 17.6. The number of rotatable bonds is 5. The first-order valence-corrected chi connectivity index (χ1v) is 22.6. The van der Waals surface area contributed by atoms with E-state index >= 15 is 0 Å². The summed E-state index contributed by atoms with van der Waals surface area (Å²) in [6.45, 7) is 0. The van der Waals surface area contributed by atoms with E-state index in [4.69, 9.17) is 0 Å². The lowest BCUT2D eigenvalue weighted by Crippen LogP contribution is -2.36. The Bertz CT molecular complexity index is 3880. The zero-order chi connectivity index (χ0) is 42.6. The zero-order valence-electron chi connectivity index (χ0n) is 35.5. The van der Waals surface area contributed by atoms with Crippen molar-refractivity contribution in [1.82, 2.24) is 4.57 Å². The first-order chi connectivity index (χ1) is 32.3. The lowest BCUT2D eigenvalue weighted by Gasteiger charge is -2.46. The molecule has 0 amide bonds. The highest BCUT2D eigenvalue weighted by Crippen LogP contribution is 2.62. The van der Waals surface area contributed by atoms with Crippen molar-refractivity contribution in [2.45, 2.75) is 5.41 Å². The number of hydrogen-bond donors (Lipinski definition) is 0. The molecule has 0 saturated heterocycles. The van der Waals surface area contributed by atoms with Crippen molar-refractivity contribution in [3.8, 4) is 39.1 Å². The van der Waals surface area contributed by atoms with Gasteiger partial charge in [-0.15, -0.1) is 0 Å². The summed E-state index contributed by atoms with van der Waals surface area (Å²) in [5, 5.41) is 7.57. The second kappa shape index (κ2) is 13.8. The number of hydrogen-bond acceptors (Lipinski definition) is 1. The van der Waals surface area contributed by atoms with E-state index < -0.39 is 5.41 Å². The molecular formula is C63H40N2. The summed E-state index contributed by atoms with van der Waals surface area (Å²) in [5.74, 6) is 0. The van der Waals surface area contributed by atoms with E-state index in [9.17, 15) is 0 Å². The van der Waals surface area contributed by atoms with E-state index in [-0.39, 0.29) is 0 Å². The van der Waals surface area contributed by atoms with Crippen LogP contribution in [0.3, 0.4) is 0 Å². The molecule has 11 aromatic carbocycles. The fourth-order valence-electron chi connectivity index (χ4n) is 11.8. The van der Waals surface area contributed by atoms with Crippen LogP contribution < -0.4 is 4.90 Å². The molecule has 0 aliphatic heterocycles. The molecule has 2 aliphatic carbocycles. The van der Waals surface area contributed by atoms with Crippen LogP contribution in [0.2, 0.25) is 0 Å². The molecule has 14 rings (SSSR count). The molecule has 0 radical (unpaired) electrons. The van der Waals surface area contributed by atoms with Crippen molar-refractivity contribution in [2.24, 2.45) is 0 Å². The number of benzene rings is 11. The average molecular weight is 825 g/mol. The van der Waals surface area contributed by atoms with Crippen LogP contribution in [0.1, 0.15) is 22.3 Å². The molecule has 0 N–H and O–H groups in total. The maximum atomic E-state index is 2.50. The Morgan fingerprint density at radius 3 is 1.77 bits per heavy atom. The highest BCUT2D eigenvalue weighted by atomic mass is 15.1. The Hall–Kier alpha value is -8.46. The van der Waals surface area contributed by atoms with Gasteiger partial charge < -0.3 is 9.47 Å². The molecule has 1 heterocycles. The van der Waals surface area contributed by atoms with Crippen LogP contribution in [0, 0.1) is 0 Å². The van der Waals surface area contributed by atoms with Crippen LogP contribution in [0.4, 0.5) is 17.1 Å². The number of fused-ring (bicyclic) bond motifs is 11. The third kappa shape index (κ3) is 4.99. The van der Waals surface area contributed by atoms with Crippen LogP contribution in [0.25, 0.3) is 82.4 Å². The van der Waals surface area contributed by atoms with Crippen molar-refractivity contribution in [1.29, 1.82) is 0 Å². The lowest BCUT2D eigenvalue weighted by molar-refractivity contribution is 0.755. The van der Waals surface area contributed by atoms with Gasteiger partial charge in [0.15, 0.2) is 0 Å². The van der Waals surface area contributed by atoms with E-state index in [2.05, 4.69) is 252 Å². The summed E-state index contributed by atoms with van der Waals surface area (Å²) >= 11 is 0. The van der Waals surface area contributed by atoms with Gasteiger partial charge in [-0.25, -0.2) is 0 Å². The Kier molecular flexibility index (Phi) is 7.64. The molecule has 0 fully saturated rings. The van der Waals surface area contributed by atoms with Gasteiger partial charge in [0.1, 0.15) is 0 Å². The summed E-state index contributed by atoms with van der Waals surface area (Å²) in [6.07, 6.45) is 0. The summed E-state index contributed by atoms with van der Waals surface area (Å²) in [6, 6.07) is 90.4. The lowest BCUT2D eigenvalue weighted by atomic mass is 9.55. The summed E-state index contributed by atoms with van der Waals surface area (Å²) in [4.78, 5) is 2.47. The predicted octanol–water partition coefficient (Wildman–Crippen LogP) is 16.6. The summed E-state index contributed by atoms with van der Waals surface area (Å²) < 4.78 is 2.42. The van der Waals surface area contributed by atoms with E-state index in [0.29, 0.717) is 0 Å². The maximum absolute atomic E-state index is 2.50. The van der Waals surface area contributed by atoms with Gasteiger partial charge in [-0.2, -0.15) is 0 Å². The van der Waals surface area contributed by atoms with Gasteiger partial charge in [-0.3, -0.25) is 0 Å². The minimum Gasteiger partial charge on any atom is -0.310 e. The van der Waals surface area contributed by atoms with Crippen molar-refractivity contribution in [2.75, 3.05) is 4.90 Å². The van der Waals surface area contributed by atoms with Crippen LogP contribution in [0.15, 0.2) is 243 Å². The van der Waals surface area contributed by atoms with Crippen LogP contribution in [0.5, 0.6) is 0 Å². The summed E-state index contributed by atoms with van der Waals surface area (Å²) in [7, 11) is 0. The first kappa shape index (κ1) is 36.1. The largest absolute Gasteiger partial charge is 0.310 e. The number of aromatic nitrogens is 1. The smallest absolute Gasteiger partial charge is 0.0726 e.